The topological polar surface area (TPSA) is 143 Å². The highest BCUT2D eigenvalue weighted by molar-refractivity contribution is 7.93. The molecular formula is C24H28N6O6S. The number of sulfonamides is 1. The number of hydrogen-bond donors (Lipinski definition) is 1. The lowest BCUT2D eigenvalue weighted by Gasteiger charge is -2.22. The van der Waals surface area contributed by atoms with Gasteiger partial charge >= 0.3 is 0 Å². The van der Waals surface area contributed by atoms with E-state index in [2.05, 4.69) is 24.9 Å². The Bertz CT molecular complexity index is 1480. The largest absolute Gasteiger partial charge is 0.493 e. The first-order valence-electron chi connectivity index (χ1n) is 11.3. The summed E-state index contributed by atoms with van der Waals surface area (Å²) in [6.07, 6.45) is 2.27. The van der Waals surface area contributed by atoms with Crippen molar-refractivity contribution in [2.24, 2.45) is 0 Å². The third-order valence-electron chi connectivity index (χ3n) is 5.71. The van der Waals surface area contributed by atoms with Crippen LogP contribution in [0.4, 0.5) is 5.95 Å². The molecule has 2 atom stereocenters. The Hall–Kier alpha value is -3.97. The standard InChI is InChI=1S/C24H28N6O6S/c1-14-12-25-22(26-13-14)20(34-5)16(3)37(31,32)29-24-28-27-23(19-11-10-15(2)36-19)30(24)17-8-7-9-18(33-4)21(17)35-6/h7-13,16,20H,1-6H3,(H,28,29)/t16-,20-/m0/s1. The molecule has 0 saturated carbocycles. The number of rotatable bonds is 10. The van der Waals surface area contributed by atoms with Gasteiger partial charge in [-0.1, -0.05) is 6.07 Å². The summed E-state index contributed by atoms with van der Waals surface area (Å²) in [6.45, 7) is 5.13. The number of aromatic nitrogens is 5. The number of benzene rings is 1. The van der Waals surface area contributed by atoms with Crippen LogP contribution in [0.15, 0.2) is 47.1 Å². The molecule has 0 unspecified atom stereocenters. The van der Waals surface area contributed by atoms with E-state index in [-0.39, 0.29) is 17.6 Å². The first kappa shape index (κ1) is 26.1. The summed E-state index contributed by atoms with van der Waals surface area (Å²) in [5, 5.41) is 7.27. The minimum absolute atomic E-state index is 0.0814. The van der Waals surface area contributed by atoms with E-state index in [4.69, 9.17) is 18.6 Å². The first-order chi connectivity index (χ1) is 17.7. The van der Waals surface area contributed by atoms with E-state index < -0.39 is 21.4 Å². The molecule has 13 heteroatoms. The molecule has 12 nitrogen and oxygen atoms in total. The van der Waals surface area contributed by atoms with Gasteiger partial charge < -0.3 is 18.6 Å². The maximum Gasteiger partial charge on any atom is 0.243 e. The number of anilines is 1. The Labute approximate surface area is 214 Å². The van der Waals surface area contributed by atoms with Crippen molar-refractivity contribution < 1.29 is 27.0 Å². The van der Waals surface area contributed by atoms with E-state index in [0.29, 0.717) is 28.7 Å². The molecular weight excluding hydrogens is 500 g/mol. The van der Waals surface area contributed by atoms with Crippen LogP contribution >= 0.6 is 0 Å². The predicted molar refractivity (Wildman–Crippen MR) is 135 cm³/mol. The van der Waals surface area contributed by atoms with Gasteiger partial charge in [-0.25, -0.2) is 18.4 Å². The second kappa shape index (κ2) is 10.6. The summed E-state index contributed by atoms with van der Waals surface area (Å²) in [4.78, 5) is 8.48. The smallest absolute Gasteiger partial charge is 0.243 e. The normalized spacial score (nSPS) is 13.2. The SMILES string of the molecule is COc1cccc(-n2c(NS(=O)(=O)[C@@H](C)[C@H](OC)c3ncc(C)cn3)nnc2-c2ccc(C)o2)c1OC. The lowest BCUT2D eigenvalue weighted by Crippen LogP contribution is -2.33. The number of ether oxygens (including phenoxy) is 3. The molecule has 0 aliphatic carbocycles. The molecule has 0 saturated heterocycles. The molecule has 0 radical (unpaired) electrons. The molecule has 1 aromatic carbocycles. The fourth-order valence-corrected chi connectivity index (χ4v) is 4.91. The zero-order chi connectivity index (χ0) is 26.7. The second-order valence-electron chi connectivity index (χ2n) is 8.23. The Morgan fingerprint density at radius 1 is 1.00 bits per heavy atom. The highest BCUT2D eigenvalue weighted by Gasteiger charge is 2.35. The highest BCUT2D eigenvalue weighted by Crippen LogP contribution is 2.38. The van der Waals surface area contributed by atoms with Gasteiger partial charge in [-0.15, -0.1) is 10.2 Å². The van der Waals surface area contributed by atoms with E-state index in [9.17, 15) is 8.42 Å². The molecule has 0 aliphatic rings. The van der Waals surface area contributed by atoms with Gasteiger partial charge in [-0.3, -0.25) is 9.29 Å². The van der Waals surface area contributed by atoms with E-state index in [1.54, 1.807) is 49.6 Å². The Balaban J connectivity index is 1.81. The van der Waals surface area contributed by atoms with Crippen molar-refractivity contribution in [2.75, 3.05) is 26.1 Å². The second-order valence-corrected chi connectivity index (χ2v) is 10.3. The van der Waals surface area contributed by atoms with Gasteiger partial charge in [0.15, 0.2) is 23.1 Å². The van der Waals surface area contributed by atoms with Crippen LogP contribution in [-0.4, -0.2) is 59.7 Å². The number of nitrogens with one attached hydrogen (secondary N) is 1. The number of methoxy groups -OCH3 is 3. The molecule has 196 valence electrons. The monoisotopic (exact) mass is 528 g/mol. The summed E-state index contributed by atoms with van der Waals surface area (Å²) in [5.74, 6) is 2.25. The minimum atomic E-state index is -4.09. The molecule has 0 spiro atoms. The third-order valence-corrected chi connectivity index (χ3v) is 7.40. The summed E-state index contributed by atoms with van der Waals surface area (Å²) in [7, 11) is 0.303. The molecule has 0 fully saturated rings. The van der Waals surface area contributed by atoms with Gasteiger partial charge in [-0.05, 0) is 50.6 Å². The molecule has 0 bridgehead atoms. The van der Waals surface area contributed by atoms with Gasteiger partial charge in [0.05, 0.1) is 19.9 Å². The highest BCUT2D eigenvalue weighted by atomic mass is 32.2. The summed E-state index contributed by atoms with van der Waals surface area (Å²) in [5.41, 5.74) is 1.28. The Kier molecular flexibility index (Phi) is 7.45. The summed E-state index contributed by atoms with van der Waals surface area (Å²) >= 11 is 0. The molecule has 4 aromatic rings. The molecule has 1 N–H and O–H groups in total. The van der Waals surface area contributed by atoms with Crippen LogP contribution in [0, 0.1) is 13.8 Å². The van der Waals surface area contributed by atoms with Crippen LogP contribution in [0.1, 0.15) is 30.2 Å². The third kappa shape index (κ3) is 5.13. The molecule has 3 heterocycles. The molecule has 4 rings (SSSR count). The van der Waals surface area contributed by atoms with Gasteiger partial charge in [0.25, 0.3) is 0 Å². The lowest BCUT2D eigenvalue weighted by molar-refractivity contribution is 0.0949. The minimum Gasteiger partial charge on any atom is -0.493 e. The number of furan rings is 1. The lowest BCUT2D eigenvalue weighted by atomic mass is 10.2. The Morgan fingerprint density at radius 3 is 2.32 bits per heavy atom. The molecule has 0 amide bonds. The van der Waals surface area contributed by atoms with E-state index in [0.717, 1.165) is 5.56 Å². The van der Waals surface area contributed by atoms with Crippen LogP contribution in [0.3, 0.4) is 0 Å². The summed E-state index contributed by atoms with van der Waals surface area (Å²) < 4.78 is 53.4. The molecule has 37 heavy (non-hydrogen) atoms. The van der Waals surface area contributed by atoms with Crippen LogP contribution in [0.25, 0.3) is 17.3 Å². The van der Waals surface area contributed by atoms with Crippen molar-refractivity contribution in [3.8, 4) is 28.8 Å². The van der Waals surface area contributed by atoms with Crippen LogP contribution in [0.5, 0.6) is 11.5 Å². The number of para-hydroxylation sites is 1. The number of hydrogen-bond acceptors (Lipinski definition) is 10. The van der Waals surface area contributed by atoms with Crippen molar-refractivity contribution in [1.82, 2.24) is 24.7 Å². The van der Waals surface area contributed by atoms with E-state index in [1.807, 2.05) is 6.92 Å². The maximum atomic E-state index is 13.5. The first-order valence-corrected chi connectivity index (χ1v) is 12.8. The fraction of sp³-hybridized carbons (Fsp3) is 0.333. The van der Waals surface area contributed by atoms with Gasteiger partial charge in [0.1, 0.15) is 17.1 Å². The quantitative estimate of drug-likeness (QED) is 0.325. The number of nitrogens with zero attached hydrogens (tertiary/aromatic N) is 5. The zero-order valence-electron chi connectivity index (χ0n) is 21.3. The van der Waals surface area contributed by atoms with Crippen molar-refractivity contribution >= 4 is 16.0 Å². The Morgan fingerprint density at radius 2 is 1.73 bits per heavy atom. The van der Waals surface area contributed by atoms with Crippen molar-refractivity contribution in [1.29, 1.82) is 0 Å². The predicted octanol–water partition coefficient (Wildman–Crippen LogP) is 3.47. The van der Waals surface area contributed by atoms with Crippen LogP contribution < -0.4 is 14.2 Å². The van der Waals surface area contributed by atoms with Crippen LogP contribution in [-0.2, 0) is 14.8 Å². The van der Waals surface area contributed by atoms with E-state index in [1.165, 1.54) is 32.8 Å². The molecule has 0 aliphatic heterocycles. The fourth-order valence-electron chi connectivity index (χ4n) is 3.78. The number of aryl methyl sites for hydroxylation is 2. The average Bonchev–Trinajstić information content (AvgIpc) is 3.50. The van der Waals surface area contributed by atoms with E-state index >= 15 is 0 Å². The summed E-state index contributed by atoms with van der Waals surface area (Å²) in [6, 6.07) is 8.68. The van der Waals surface area contributed by atoms with Gasteiger partial charge in [-0.2, -0.15) is 0 Å². The van der Waals surface area contributed by atoms with Crippen LogP contribution in [0.2, 0.25) is 0 Å². The van der Waals surface area contributed by atoms with Crippen molar-refractivity contribution in [3.05, 3.63) is 59.9 Å². The van der Waals surface area contributed by atoms with Gasteiger partial charge in [0, 0.05) is 19.5 Å². The molecule has 3 aromatic heterocycles. The van der Waals surface area contributed by atoms with Crippen molar-refractivity contribution in [3.63, 3.8) is 0 Å². The zero-order valence-corrected chi connectivity index (χ0v) is 22.1. The van der Waals surface area contributed by atoms with Gasteiger partial charge in [0.2, 0.25) is 21.8 Å². The average molecular weight is 529 g/mol. The van der Waals surface area contributed by atoms with Crippen molar-refractivity contribution in [2.45, 2.75) is 32.1 Å². The maximum absolute atomic E-state index is 13.5.